The summed E-state index contributed by atoms with van der Waals surface area (Å²) in [6.45, 7) is 0. The van der Waals surface area contributed by atoms with Crippen molar-refractivity contribution >= 4 is 60.5 Å². The van der Waals surface area contributed by atoms with E-state index in [1.54, 1.807) is 0 Å². The minimum absolute atomic E-state index is 0.178. The number of thiocarbonyl (C=S) groups is 1. The summed E-state index contributed by atoms with van der Waals surface area (Å²) in [5, 5.41) is 8.60. The molecular formula is C19H12F3N3S2. The molecule has 136 valence electrons. The maximum absolute atomic E-state index is 12.8. The molecule has 3 nitrogen and oxygen atoms in total. The first-order valence-corrected chi connectivity index (χ1v) is 9.16. The first-order valence-electron chi connectivity index (χ1n) is 7.94. The molecule has 0 saturated heterocycles. The van der Waals surface area contributed by atoms with Gasteiger partial charge in [-0.05, 0) is 41.9 Å². The SMILES string of the molecule is FC(F)(F)c1cccc(NC(=S)Nc2nc3c(ccc4ccccc43)s2)c1. The molecule has 0 atom stereocenters. The lowest BCUT2D eigenvalue weighted by molar-refractivity contribution is -0.137. The van der Waals surface area contributed by atoms with Gasteiger partial charge in [-0.2, -0.15) is 13.2 Å². The Morgan fingerprint density at radius 1 is 0.963 bits per heavy atom. The van der Waals surface area contributed by atoms with Gasteiger partial charge in [-0.1, -0.05) is 47.7 Å². The highest BCUT2D eigenvalue weighted by Gasteiger charge is 2.30. The Hall–Kier alpha value is -2.71. The molecule has 3 aromatic carbocycles. The van der Waals surface area contributed by atoms with Crippen LogP contribution in [0.3, 0.4) is 0 Å². The molecule has 0 radical (unpaired) electrons. The van der Waals surface area contributed by atoms with Gasteiger partial charge in [-0.3, -0.25) is 0 Å². The van der Waals surface area contributed by atoms with E-state index in [9.17, 15) is 13.2 Å². The smallest absolute Gasteiger partial charge is 0.332 e. The molecule has 0 saturated carbocycles. The van der Waals surface area contributed by atoms with Crippen LogP contribution in [0, 0.1) is 0 Å². The van der Waals surface area contributed by atoms with Crippen LogP contribution in [0.25, 0.3) is 21.0 Å². The molecule has 4 rings (SSSR count). The molecule has 1 heterocycles. The maximum Gasteiger partial charge on any atom is 0.416 e. The highest BCUT2D eigenvalue weighted by Crippen LogP contribution is 2.32. The number of nitrogens with zero attached hydrogens (tertiary/aromatic N) is 1. The van der Waals surface area contributed by atoms with Crippen molar-refractivity contribution in [2.45, 2.75) is 6.18 Å². The van der Waals surface area contributed by atoms with Crippen molar-refractivity contribution in [3.8, 4) is 0 Å². The molecule has 8 heteroatoms. The quantitative estimate of drug-likeness (QED) is 0.387. The number of thiazole rings is 1. The lowest BCUT2D eigenvalue weighted by Crippen LogP contribution is -2.19. The van der Waals surface area contributed by atoms with Crippen molar-refractivity contribution < 1.29 is 13.2 Å². The van der Waals surface area contributed by atoms with Gasteiger partial charge in [0.2, 0.25) is 0 Å². The zero-order chi connectivity index (χ0) is 19.0. The average Bonchev–Trinajstić information content (AvgIpc) is 3.04. The topological polar surface area (TPSA) is 37.0 Å². The zero-order valence-electron chi connectivity index (χ0n) is 13.7. The lowest BCUT2D eigenvalue weighted by atomic mass is 10.1. The number of fused-ring (bicyclic) bond motifs is 3. The number of benzene rings is 3. The van der Waals surface area contributed by atoms with Crippen LogP contribution >= 0.6 is 23.6 Å². The van der Waals surface area contributed by atoms with Gasteiger partial charge in [0.1, 0.15) is 0 Å². The lowest BCUT2D eigenvalue weighted by Gasteiger charge is -2.11. The van der Waals surface area contributed by atoms with E-state index in [0.717, 1.165) is 33.1 Å². The Kier molecular flexibility index (Phi) is 4.45. The van der Waals surface area contributed by atoms with Gasteiger partial charge < -0.3 is 10.6 Å². The van der Waals surface area contributed by atoms with Crippen LogP contribution in [-0.4, -0.2) is 10.1 Å². The van der Waals surface area contributed by atoms with E-state index in [0.29, 0.717) is 5.13 Å². The fraction of sp³-hybridized carbons (Fsp3) is 0.0526. The average molecular weight is 403 g/mol. The van der Waals surface area contributed by atoms with E-state index in [2.05, 4.69) is 15.6 Å². The minimum atomic E-state index is -4.40. The van der Waals surface area contributed by atoms with Gasteiger partial charge in [0, 0.05) is 11.1 Å². The van der Waals surface area contributed by atoms with Crippen molar-refractivity contribution in [3.63, 3.8) is 0 Å². The fourth-order valence-corrected chi connectivity index (χ4v) is 3.91. The van der Waals surface area contributed by atoms with Gasteiger partial charge in [-0.15, -0.1) is 0 Å². The van der Waals surface area contributed by atoms with Gasteiger partial charge >= 0.3 is 6.18 Å². The number of nitrogens with one attached hydrogen (secondary N) is 2. The summed E-state index contributed by atoms with van der Waals surface area (Å²) < 4.78 is 39.4. The van der Waals surface area contributed by atoms with Crippen LogP contribution in [-0.2, 0) is 6.18 Å². The Labute approximate surface area is 161 Å². The molecule has 0 aliphatic rings. The molecule has 0 unspecified atom stereocenters. The zero-order valence-corrected chi connectivity index (χ0v) is 15.3. The number of anilines is 2. The van der Waals surface area contributed by atoms with E-state index in [4.69, 9.17) is 12.2 Å². The van der Waals surface area contributed by atoms with Crippen LogP contribution in [0.5, 0.6) is 0 Å². The van der Waals surface area contributed by atoms with Gasteiger partial charge in [0.05, 0.1) is 15.8 Å². The molecular weight excluding hydrogens is 391 g/mol. The van der Waals surface area contributed by atoms with Crippen molar-refractivity contribution in [3.05, 3.63) is 66.2 Å². The molecule has 0 bridgehead atoms. The molecule has 0 spiro atoms. The normalized spacial score (nSPS) is 11.7. The largest absolute Gasteiger partial charge is 0.416 e. The van der Waals surface area contributed by atoms with Crippen LogP contribution in [0.15, 0.2) is 60.7 Å². The number of aromatic nitrogens is 1. The van der Waals surface area contributed by atoms with Crippen LogP contribution in [0.2, 0.25) is 0 Å². The predicted octanol–water partition coefficient (Wildman–Crippen LogP) is 6.28. The number of hydrogen-bond donors (Lipinski definition) is 2. The van der Waals surface area contributed by atoms with E-state index in [1.807, 2.05) is 36.4 Å². The van der Waals surface area contributed by atoms with E-state index >= 15 is 0 Å². The highest BCUT2D eigenvalue weighted by atomic mass is 32.1. The maximum atomic E-state index is 12.8. The number of alkyl halides is 3. The molecule has 27 heavy (non-hydrogen) atoms. The Balaban J connectivity index is 1.56. The molecule has 0 aliphatic heterocycles. The Morgan fingerprint density at radius 3 is 2.59 bits per heavy atom. The minimum Gasteiger partial charge on any atom is -0.332 e. The number of rotatable bonds is 2. The molecule has 4 aromatic rings. The first-order chi connectivity index (χ1) is 12.9. The fourth-order valence-electron chi connectivity index (χ4n) is 2.75. The van der Waals surface area contributed by atoms with Gasteiger partial charge in [0.25, 0.3) is 0 Å². The predicted molar refractivity (Wildman–Crippen MR) is 108 cm³/mol. The third kappa shape index (κ3) is 3.72. The summed E-state index contributed by atoms with van der Waals surface area (Å²) in [4.78, 5) is 4.58. The summed E-state index contributed by atoms with van der Waals surface area (Å²) >= 11 is 6.65. The number of halogens is 3. The molecule has 0 amide bonds. The Morgan fingerprint density at radius 2 is 1.78 bits per heavy atom. The van der Waals surface area contributed by atoms with Crippen LogP contribution < -0.4 is 10.6 Å². The van der Waals surface area contributed by atoms with Gasteiger partial charge in [0.15, 0.2) is 10.2 Å². The van der Waals surface area contributed by atoms with E-state index < -0.39 is 11.7 Å². The molecule has 2 N–H and O–H groups in total. The van der Waals surface area contributed by atoms with Crippen LogP contribution in [0.4, 0.5) is 24.0 Å². The monoisotopic (exact) mass is 403 g/mol. The van der Waals surface area contributed by atoms with Crippen LogP contribution in [0.1, 0.15) is 5.56 Å². The van der Waals surface area contributed by atoms with E-state index in [-0.39, 0.29) is 10.8 Å². The summed E-state index contributed by atoms with van der Waals surface area (Å²) in [7, 11) is 0. The standard InChI is InChI=1S/C19H12F3N3S2/c20-19(21,22)12-5-3-6-13(10-12)23-17(26)25-18-24-16-14-7-2-1-4-11(14)8-9-15(16)27-18/h1-10H,(H2,23,24,25,26). The molecule has 0 aliphatic carbocycles. The van der Waals surface area contributed by atoms with E-state index in [1.165, 1.54) is 23.5 Å². The molecule has 0 fully saturated rings. The molecule has 1 aromatic heterocycles. The summed E-state index contributed by atoms with van der Waals surface area (Å²) in [6, 6.07) is 16.8. The van der Waals surface area contributed by atoms with Crippen molar-refractivity contribution in [1.29, 1.82) is 0 Å². The second kappa shape index (κ2) is 6.79. The Bertz CT molecular complexity index is 1150. The third-order valence-electron chi connectivity index (χ3n) is 3.95. The van der Waals surface area contributed by atoms with Gasteiger partial charge in [-0.25, -0.2) is 4.98 Å². The second-order valence-corrected chi connectivity index (χ2v) is 7.25. The first kappa shape index (κ1) is 17.7. The summed E-state index contributed by atoms with van der Waals surface area (Å²) in [6.07, 6.45) is -4.40. The number of hydrogen-bond acceptors (Lipinski definition) is 3. The van der Waals surface area contributed by atoms with Crippen molar-refractivity contribution in [2.75, 3.05) is 10.6 Å². The van der Waals surface area contributed by atoms with Crippen molar-refractivity contribution in [1.82, 2.24) is 4.98 Å². The third-order valence-corrected chi connectivity index (χ3v) is 5.09. The highest BCUT2D eigenvalue weighted by molar-refractivity contribution is 7.80. The van der Waals surface area contributed by atoms with Crippen molar-refractivity contribution in [2.24, 2.45) is 0 Å². The second-order valence-electron chi connectivity index (χ2n) is 5.81. The summed E-state index contributed by atoms with van der Waals surface area (Å²) in [5.74, 6) is 0. The summed E-state index contributed by atoms with van der Waals surface area (Å²) in [5.41, 5.74) is 0.387.